The number of sulfonamides is 2. The summed E-state index contributed by atoms with van der Waals surface area (Å²) in [7, 11) is -8.09. The first kappa shape index (κ1) is 27.2. The number of nitrogens with one attached hydrogen (secondary N) is 1. The van der Waals surface area contributed by atoms with Crippen molar-refractivity contribution in [1.82, 2.24) is 14.0 Å². The zero-order valence-corrected chi connectivity index (χ0v) is 22.4. The number of carbonyl (C=O) groups excluding carboxylic acids is 1. The van der Waals surface area contributed by atoms with Gasteiger partial charge in [0.2, 0.25) is 20.0 Å². The second-order valence-corrected chi connectivity index (χ2v) is 12.7. The summed E-state index contributed by atoms with van der Waals surface area (Å²) in [5.41, 5.74) is 2.79. The molecule has 194 valence electrons. The third-order valence-electron chi connectivity index (χ3n) is 5.67. The normalized spacial score (nSPS) is 17.6. The first-order chi connectivity index (χ1) is 17.6. The van der Waals surface area contributed by atoms with Crippen LogP contribution in [0, 0.1) is 0 Å². The van der Waals surface area contributed by atoms with Crippen LogP contribution in [-0.4, -0.2) is 63.2 Å². The number of carbonyl (C=O) groups is 1. The molecule has 1 N–H and O–H groups in total. The molecule has 3 aromatic rings. The van der Waals surface area contributed by atoms with E-state index in [9.17, 15) is 21.6 Å². The molecule has 1 aliphatic heterocycles. The molecule has 13 heteroatoms. The minimum atomic E-state index is -4.12. The van der Waals surface area contributed by atoms with E-state index >= 15 is 0 Å². The van der Waals surface area contributed by atoms with Crippen LogP contribution in [0.15, 0.2) is 93.8 Å². The van der Waals surface area contributed by atoms with Crippen molar-refractivity contribution in [1.29, 1.82) is 0 Å². The summed E-state index contributed by atoms with van der Waals surface area (Å²) in [4.78, 5) is 13.3. The summed E-state index contributed by atoms with van der Waals surface area (Å²) < 4.78 is 55.4. The van der Waals surface area contributed by atoms with Gasteiger partial charge in [-0.05, 0) is 36.4 Å². The summed E-state index contributed by atoms with van der Waals surface area (Å²) in [6.45, 7) is -0.753. The van der Waals surface area contributed by atoms with Gasteiger partial charge in [-0.1, -0.05) is 65.7 Å². The number of amides is 1. The molecule has 1 atom stereocenters. The lowest BCUT2D eigenvalue weighted by molar-refractivity contribution is -0.125. The molecule has 1 fully saturated rings. The van der Waals surface area contributed by atoms with Gasteiger partial charge in [-0.15, -0.1) is 0 Å². The van der Waals surface area contributed by atoms with Crippen molar-refractivity contribution in [3.63, 3.8) is 0 Å². The first-order valence-electron chi connectivity index (χ1n) is 11.0. The van der Waals surface area contributed by atoms with Gasteiger partial charge < -0.3 is 0 Å². The molecule has 0 saturated carbocycles. The lowest BCUT2D eigenvalue weighted by Crippen LogP contribution is -2.60. The van der Waals surface area contributed by atoms with E-state index in [1.165, 1.54) is 36.5 Å². The largest absolute Gasteiger partial charge is 0.271 e. The molecule has 1 amide bonds. The van der Waals surface area contributed by atoms with Crippen LogP contribution in [0.25, 0.3) is 0 Å². The molecule has 1 heterocycles. The van der Waals surface area contributed by atoms with E-state index < -0.39 is 38.5 Å². The van der Waals surface area contributed by atoms with Gasteiger partial charge in [0.25, 0.3) is 5.91 Å². The van der Waals surface area contributed by atoms with Gasteiger partial charge in [0, 0.05) is 30.2 Å². The highest BCUT2D eigenvalue weighted by Crippen LogP contribution is 2.25. The lowest BCUT2D eigenvalue weighted by atomic mass is 10.2. The van der Waals surface area contributed by atoms with Crippen LogP contribution in [0.2, 0.25) is 10.0 Å². The van der Waals surface area contributed by atoms with Crippen LogP contribution in [0.3, 0.4) is 0 Å². The summed E-state index contributed by atoms with van der Waals surface area (Å²) in [6.07, 6.45) is 1.29. The number of nitrogens with zero attached hydrogens (tertiary/aromatic N) is 3. The Morgan fingerprint density at radius 2 is 1.46 bits per heavy atom. The molecule has 0 aliphatic carbocycles. The van der Waals surface area contributed by atoms with Crippen LogP contribution < -0.4 is 5.43 Å². The fourth-order valence-electron chi connectivity index (χ4n) is 3.78. The fraction of sp³-hybridized carbons (Fsp3) is 0.167. The van der Waals surface area contributed by atoms with Gasteiger partial charge in [0.05, 0.1) is 21.0 Å². The molecule has 0 aromatic heterocycles. The van der Waals surface area contributed by atoms with Gasteiger partial charge in [-0.3, -0.25) is 4.79 Å². The van der Waals surface area contributed by atoms with E-state index in [1.807, 2.05) is 0 Å². The maximum atomic E-state index is 13.4. The number of benzene rings is 3. The molecule has 0 bridgehead atoms. The Hall–Kier alpha value is -2.80. The van der Waals surface area contributed by atoms with Crippen molar-refractivity contribution in [2.75, 3.05) is 19.6 Å². The molecule has 1 saturated heterocycles. The summed E-state index contributed by atoms with van der Waals surface area (Å²) in [5, 5.41) is 4.63. The van der Waals surface area contributed by atoms with Crippen molar-refractivity contribution in [2.24, 2.45) is 5.10 Å². The van der Waals surface area contributed by atoms with E-state index in [0.717, 1.165) is 8.61 Å². The smallest absolute Gasteiger partial charge is 0.259 e. The quantitative estimate of drug-likeness (QED) is 0.340. The van der Waals surface area contributed by atoms with Gasteiger partial charge in [0.15, 0.2) is 0 Å². The predicted molar refractivity (Wildman–Crippen MR) is 142 cm³/mol. The number of hydrogen-bond donors (Lipinski definition) is 1. The minimum Gasteiger partial charge on any atom is -0.271 e. The van der Waals surface area contributed by atoms with Gasteiger partial charge in [-0.25, -0.2) is 22.3 Å². The molecule has 0 spiro atoms. The van der Waals surface area contributed by atoms with Crippen LogP contribution in [0.4, 0.5) is 0 Å². The standard InChI is InChI=1S/C24H22Cl2N4O5S2/c25-19-12-11-18(22(26)15-19)16-27-28-24(31)23-17-29(36(32,33)20-7-3-1-4-8-20)13-14-30(23)37(34,35)21-9-5-2-6-10-21/h1-12,15-16,23H,13-14,17H2,(H,28,31)/b27-16-/t23-/m0/s1. The topological polar surface area (TPSA) is 116 Å². The zero-order valence-electron chi connectivity index (χ0n) is 19.2. The Balaban J connectivity index is 1.63. The lowest BCUT2D eigenvalue weighted by Gasteiger charge is -2.38. The van der Waals surface area contributed by atoms with Crippen LogP contribution in [0.5, 0.6) is 0 Å². The monoisotopic (exact) mass is 580 g/mol. The molecule has 0 unspecified atom stereocenters. The Morgan fingerprint density at radius 3 is 2.05 bits per heavy atom. The van der Waals surface area contributed by atoms with Crippen LogP contribution >= 0.6 is 23.2 Å². The third kappa shape index (κ3) is 6.03. The number of hydrazone groups is 1. The van der Waals surface area contributed by atoms with Crippen LogP contribution in [-0.2, 0) is 24.8 Å². The van der Waals surface area contributed by atoms with Gasteiger partial charge >= 0.3 is 0 Å². The van der Waals surface area contributed by atoms with Crippen molar-refractivity contribution in [3.8, 4) is 0 Å². The number of halogens is 2. The van der Waals surface area contributed by atoms with Crippen molar-refractivity contribution >= 4 is 55.4 Å². The second-order valence-electron chi connectivity index (χ2n) is 8.02. The molecule has 9 nitrogen and oxygen atoms in total. The summed E-state index contributed by atoms with van der Waals surface area (Å²) in [5.74, 6) is -0.797. The Kier molecular flexibility index (Phi) is 8.32. The SMILES string of the molecule is O=C(N/N=C\c1ccc(Cl)cc1Cl)[C@@H]1CN(S(=O)(=O)c2ccccc2)CCN1S(=O)(=O)c1ccccc1. The molecule has 3 aromatic carbocycles. The number of hydrogen-bond acceptors (Lipinski definition) is 6. The molecular weight excluding hydrogens is 559 g/mol. The van der Waals surface area contributed by atoms with Gasteiger partial charge in [0.1, 0.15) is 6.04 Å². The van der Waals surface area contributed by atoms with E-state index in [1.54, 1.807) is 48.5 Å². The maximum absolute atomic E-state index is 13.4. The second kappa shape index (κ2) is 11.3. The summed E-state index contributed by atoms with van der Waals surface area (Å²) in [6, 6.07) is 18.7. The average molecular weight is 582 g/mol. The van der Waals surface area contributed by atoms with Crippen molar-refractivity contribution in [2.45, 2.75) is 15.8 Å². The van der Waals surface area contributed by atoms with Crippen molar-refractivity contribution in [3.05, 3.63) is 94.5 Å². The molecular formula is C24H22Cl2N4O5S2. The van der Waals surface area contributed by atoms with E-state index in [2.05, 4.69) is 10.5 Å². The molecule has 0 radical (unpaired) electrons. The Labute approximate surface area is 225 Å². The summed E-state index contributed by atoms with van der Waals surface area (Å²) >= 11 is 12.0. The predicted octanol–water partition coefficient (Wildman–Crippen LogP) is 3.21. The number of rotatable bonds is 7. The molecule has 1 aliphatic rings. The van der Waals surface area contributed by atoms with Crippen molar-refractivity contribution < 1.29 is 21.6 Å². The maximum Gasteiger partial charge on any atom is 0.259 e. The molecule has 37 heavy (non-hydrogen) atoms. The van der Waals surface area contributed by atoms with Gasteiger partial charge in [-0.2, -0.15) is 13.7 Å². The highest BCUT2D eigenvalue weighted by atomic mass is 35.5. The minimum absolute atomic E-state index is 0.0105. The highest BCUT2D eigenvalue weighted by Gasteiger charge is 2.43. The van der Waals surface area contributed by atoms with E-state index in [0.29, 0.717) is 15.6 Å². The molecule has 4 rings (SSSR count). The Morgan fingerprint density at radius 1 is 0.865 bits per heavy atom. The van der Waals surface area contributed by atoms with E-state index in [-0.39, 0.29) is 22.9 Å². The fourth-order valence-corrected chi connectivity index (χ4v) is 7.28. The van der Waals surface area contributed by atoms with E-state index in [4.69, 9.17) is 23.2 Å². The first-order valence-corrected chi connectivity index (χ1v) is 14.6. The highest BCUT2D eigenvalue weighted by molar-refractivity contribution is 7.89. The van der Waals surface area contributed by atoms with Crippen LogP contribution in [0.1, 0.15) is 5.56 Å². The number of piperazine rings is 1. The Bertz CT molecular complexity index is 1520. The third-order valence-corrected chi connectivity index (χ3v) is 10.0. The zero-order chi connectivity index (χ0) is 26.6. The average Bonchev–Trinajstić information content (AvgIpc) is 2.90.